The summed E-state index contributed by atoms with van der Waals surface area (Å²) < 4.78 is 15.2. The topological polar surface area (TPSA) is 113 Å². The van der Waals surface area contributed by atoms with E-state index in [0.29, 0.717) is 0 Å². The van der Waals surface area contributed by atoms with E-state index >= 15 is 0 Å². The summed E-state index contributed by atoms with van der Waals surface area (Å²) in [6.45, 7) is 3.30. The van der Waals surface area contributed by atoms with Crippen LogP contribution in [0.4, 0.5) is 0 Å². The molecule has 8 heteroatoms. The minimum absolute atomic E-state index is 0.0853. The van der Waals surface area contributed by atoms with Crippen molar-refractivity contribution in [1.29, 1.82) is 0 Å². The Morgan fingerprint density at radius 3 is 1.64 bits per heavy atom. The predicted molar refractivity (Wildman–Crippen MR) is 93.7 cm³/mol. The number of hydrogen-bond acceptors (Lipinski definition) is 8. The summed E-state index contributed by atoms with van der Waals surface area (Å²) in [7, 11) is 0. The van der Waals surface area contributed by atoms with E-state index in [1.54, 1.807) is 12.1 Å². The molecule has 0 saturated carbocycles. The van der Waals surface area contributed by atoms with Gasteiger partial charge < -0.3 is 14.2 Å². The number of carbonyl (C=O) groups excluding carboxylic acids is 5. The molecule has 0 heterocycles. The molecule has 0 fully saturated rings. The maximum absolute atomic E-state index is 13.1. The number of ketones is 2. The lowest BCUT2D eigenvalue weighted by atomic mass is 9.83. The molecular weight excluding hydrogens is 368 g/mol. The zero-order valence-electron chi connectivity index (χ0n) is 15.2. The molecule has 0 amide bonds. The van der Waals surface area contributed by atoms with Crippen molar-refractivity contribution in [3.05, 3.63) is 52.6 Å². The Morgan fingerprint density at radius 1 is 0.679 bits per heavy atom. The van der Waals surface area contributed by atoms with Crippen LogP contribution in [0, 0.1) is 0 Å². The fourth-order valence-corrected chi connectivity index (χ4v) is 2.92. The van der Waals surface area contributed by atoms with Crippen LogP contribution in [-0.2, 0) is 14.4 Å². The third-order valence-corrected chi connectivity index (χ3v) is 3.83. The van der Waals surface area contributed by atoms with Gasteiger partial charge in [0.05, 0.1) is 11.1 Å². The summed E-state index contributed by atoms with van der Waals surface area (Å²) in [5.74, 6) is -4.53. The van der Waals surface area contributed by atoms with Gasteiger partial charge in [0.1, 0.15) is 5.75 Å². The number of esters is 3. The lowest BCUT2D eigenvalue weighted by Gasteiger charge is -2.23. The third-order valence-electron chi connectivity index (χ3n) is 3.83. The van der Waals surface area contributed by atoms with Crippen LogP contribution in [0.5, 0.6) is 17.2 Å². The second kappa shape index (κ2) is 7.07. The Morgan fingerprint density at radius 2 is 1.14 bits per heavy atom. The maximum atomic E-state index is 13.1. The molecule has 142 valence electrons. The van der Waals surface area contributed by atoms with E-state index in [1.807, 2.05) is 0 Å². The van der Waals surface area contributed by atoms with Crippen molar-refractivity contribution in [2.24, 2.45) is 0 Å². The summed E-state index contributed by atoms with van der Waals surface area (Å²) in [5, 5.41) is 0. The van der Waals surface area contributed by atoms with Gasteiger partial charge in [0.25, 0.3) is 0 Å². The van der Waals surface area contributed by atoms with Gasteiger partial charge in [-0.05, 0) is 0 Å². The van der Waals surface area contributed by atoms with Crippen LogP contribution in [-0.4, -0.2) is 29.5 Å². The van der Waals surface area contributed by atoms with E-state index in [1.165, 1.54) is 12.1 Å². The van der Waals surface area contributed by atoms with Gasteiger partial charge in [-0.1, -0.05) is 24.3 Å². The summed E-state index contributed by atoms with van der Waals surface area (Å²) in [4.78, 5) is 60.7. The van der Waals surface area contributed by atoms with Gasteiger partial charge in [-0.15, -0.1) is 0 Å². The zero-order chi connectivity index (χ0) is 20.6. The van der Waals surface area contributed by atoms with E-state index in [4.69, 9.17) is 14.2 Å². The van der Waals surface area contributed by atoms with Crippen LogP contribution in [0.2, 0.25) is 0 Å². The molecule has 0 saturated heterocycles. The highest BCUT2D eigenvalue weighted by Crippen LogP contribution is 2.44. The largest absolute Gasteiger partial charge is 0.426 e. The molecule has 0 radical (unpaired) electrons. The molecule has 1 aliphatic rings. The van der Waals surface area contributed by atoms with Gasteiger partial charge in [0.2, 0.25) is 0 Å². The second-order valence-corrected chi connectivity index (χ2v) is 5.94. The van der Waals surface area contributed by atoms with Crippen molar-refractivity contribution in [2.75, 3.05) is 0 Å². The molecule has 28 heavy (non-hydrogen) atoms. The smallest absolute Gasteiger partial charge is 0.308 e. The highest BCUT2D eigenvalue weighted by molar-refractivity contribution is 6.30. The highest BCUT2D eigenvalue weighted by atomic mass is 16.6. The van der Waals surface area contributed by atoms with Crippen LogP contribution in [0.25, 0.3) is 0 Å². The Hall–Kier alpha value is -3.81. The summed E-state index contributed by atoms with van der Waals surface area (Å²) in [5.41, 5.74) is -0.357. The summed E-state index contributed by atoms with van der Waals surface area (Å²) in [6, 6.07) is 7.13. The Bertz CT molecular complexity index is 1060. The quantitative estimate of drug-likeness (QED) is 0.501. The van der Waals surface area contributed by atoms with Gasteiger partial charge in [-0.25, -0.2) is 0 Å². The minimum Gasteiger partial charge on any atom is -0.426 e. The number of rotatable bonds is 3. The average molecular weight is 382 g/mol. The predicted octanol–water partition coefficient (Wildman–Crippen LogP) is 2.24. The fraction of sp³-hybridized carbons (Fsp3) is 0.150. The fourth-order valence-electron chi connectivity index (χ4n) is 2.92. The zero-order valence-corrected chi connectivity index (χ0v) is 15.2. The first-order valence-corrected chi connectivity index (χ1v) is 8.15. The molecule has 0 spiro atoms. The second-order valence-electron chi connectivity index (χ2n) is 5.94. The molecular formula is C20H14O8. The first-order valence-electron chi connectivity index (χ1n) is 8.15. The number of benzene rings is 2. The molecule has 2 aromatic carbocycles. The van der Waals surface area contributed by atoms with E-state index in [9.17, 15) is 24.0 Å². The molecule has 0 atom stereocenters. The SMILES string of the molecule is CC(=O)Oc1cc(OC(C)=O)c2c(c1OC(C)=O)C(=O)c1ccccc1C2=O. The molecule has 0 unspecified atom stereocenters. The summed E-state index contributed by atoms with van der Waals surface area (Å²) in [6.07, 6.45) is 0. The van der Waals surface area contributed by atoms with Gasteiger partial charge in [0, 0.05) is 38.0 Å². The normalized spacial score (nSPS) is 12.0. The number of fused-ring (bicyclic) bond motifs is 2. The Kier molecular flexibility index (Phi) is 4.79. The van der Waals surface area contributed by atoms with Crippen LogP contribution in [0.3, 0.4) is 0 Å². The molecule has 0 aromatic heterocycles. The van der Waals surface area contributed by atoms with Crippen LogP contribution >= 0.6 is 0 Å². The lowest BCUT2D eigenvalue weighted by molar-refractivity contribution is -0.134. The standard InChI is InChI=1S/C20H14O8/c1-9(21)26-14-8-15(27-10(2)22)20(28-11(3)23)17-16(14)18(24)12-6-4-5-7-13(12)19(17)25/h4-8H,1-3H3. The van der Waals surface area contributed by atoms with Crippen LogP contribution in [0.15, 0.2) is 30.3 Å². The van der Waals surface area contributed by atoms with Gasteiger partial charge in [-0.2, -0.15) is 0 Å². The van der Waals surface area contributed by atoms with Crippen molar-refractivity contribution < 1.29 is 38.2 Å². The van der Waals surface area contributed by atoms with E-state index in [-0.39, 0.29) is 39.5 Å². The van der Waals surface area contributed by atoms with Crippen molar-refractivity contribution in [3.8, 4) is 17.2 Å². The number of hydrogen-bond donors (Lipinski definition) is 0. The Labute approximate surface area is 159 Å². The number of carbonyl (C=O) groups is 5. The Balaban J connectivity index is 2.39. The highest BCUT2D eigenvalue weighted by Gasteiger charge is 2.38. The molecule has 3 rings (SSSR count). The van der Waals surface area contributed by atoms with Gasteiger partial charge in [-0.3, -0.25) is 24.0 Å². The summed E-state index contributed by atoms with van der Waals surface area (Å²) >= 11 is 0. The van der Waals surface area contributed by atoms with Crippen molar-refractivity contribution in [2.45, 2.75) is 20.8 Å². The van der Waals surface area contributed by atoms with Crippen LogP contribution in [0.1, 0.15) is 52.6 Å². The average Bonchev–Trinajstić information content (AvgIpc) is 2.60. The van der Waals surface area contributed by atoms with Crippen LogP contribution < -0.4 is 14.2 Å². The lowest BCUT2D eigenvalue weighted by Crippen LogP contribution is -2.24. The molecule has 0 bridgehead atoms. The van der Waals surface area contributed by atoms with Gasteiger partial charge in [0.15, 0.2) is 23.1 Å². The monoisotopic (exact) mass is 382 g/mol. The minimum atomic E-state index is -0.796. The van der Waals surface area contributed by atoms with E-state index in [0.717, 1.165) is 26.8 Å². The van der Waals surface area contributed by atoms with E-state index in [2.05, 4.69) is 0 Å². The first kappa shape index (κ1) is 19.0. The van der Waals surface area contributed by atoms with Crippen molar-refractivity contribution in [1.82, 2.24) is 0 Å². The van der Waals surface area contributed by atoms with E-state index < -0.39 is 29.5 Å². The third kappa shape index (κ3) is 3.27. The maximum Gasteiger partial charge on any atom is 0.308 e. The molecule has 2 aromatic rings. The first-order chi connectivity index (χ1) is 13.2. The van der Waals surface area contributed by atoms with Crippen molar-refractivity contribution in [3.63, 3.8) is 0 Å². The molecule has 0 N–H and O–H groups in total. The van der Waals surface area contributed by atoms with Crippen molar-refractivity contribution >= 4 is 29.5 Å². The molecule has 0 aliphatic heterocycles. The molecule has 8 nitrogen and oxygen atoms in total. The number of ether oxygens (including phenoxy) is 3. The molecule has 1 aliphatic carbocycles. The van der Waals surface area contributed by atoms with Gasteiger partial charge >= 0.3 is 17.9 Å².